The molecule has 1 heterocycles. The van der Waals surface area contributed by atoms with Gasteiger partial charge >= 0.3 is 0 Å². The number of para-hydroxylation sites is 1. The summed E-state index contributed by atoms with van der Waals surface area (Å²) in [5, 5.41) is 11.8. The van der Waals surface area contributed by atoms with E-state index in [0.29, 0.717) is 11.3 Å². The molecule has 0 spiro atoms. The number of ether oxygens (including phenoxy) is 1. The molecule has 4 nitrogen and oxygen atoms in total. The molecule has 2 N–H and O–H groups in total. The van der Waals surface area contributed by atoms with Gasteiger partial charge in [-0.3, -0.25) is 4.79 Å². The number of hydrogen-bond donors (Lipinski definition) is 2. The van der Waals surface area contributed by atoms with Crippen LogP contribution in [0.5, 0.6) is 5.75 Å². The van der Waals surface area contributed by atoms with Crippen LogP contribution >= 0.6 is 0 Å². The highest BCUT2D eigenvalue weighted by molar-refractivity contribution is 5.97. The van der Waals surface area contributed by atoms with Crippen LogP contribution in [0.4, 0.5) is 0 Å². The number of hydrogen-bond acceptors (Lipinski definition) is 3. The van der Waals surface area contributed by atoms with Crippen LogP contribution in [-0.4, -0.2) is 23.8 Å². The average Bonchev–Trinajstić information content (AvgIpc) is 2.27. The van der Waals surface area contributed by atoms with Crippen molar-refractivity contribution in [2.75, 3.05) is 6.54 Å². The summed E-state index contributed by atoms with van der Waals surface area (Å²) < 4.78 is 5.10. The van der Waals surface area contributed by atoms with Crippen LogP contribution in [0.15, 0.2) is 24.3 Å². The number of nitrogens with one attached hydrogen (secondary N) is 1. The lowest BCUT2D eigenvalue weighted by molar-refractivity contribution is -0.0110. The fourth-order valence-corrected chi connectivity index (χ4v) is 1.22. The van der Waals surface area contributed by atoms with Gasteiger partial charge in [-0.15, -0.1) is 0 Å². The van der Waals surface area contributed by atoms with Crippen molar-refractivity contribution in [1.82, 2.24) is 5.32 Å². The summed E-state index contributed by atoms with van der Waals surface area (Å²) >= 11 is 0. The molecular weight excluding hydrogens is 170 g/mol. The Morgan fingerprint density at radius 1 is 1.46 bits per heavy atom. The van der Waals surface area contributed by atoms with Gasteiger partial charge in [0.2, 0.25) is 6.29 Å². The normalized spacial score (nSPS) is 21.0. The van der Waals surface area contributed by atoms with Crippen molar-refractivity contribution >= 4 is 5.91 Å². The second-order valence-electron chi connectivity index (χ2n) is 2.78. The van der Waals surface area contributed by atoms with Crippen LogP contribution in [0.25, 0.3) is 0 Å². The average molecular weight is 179 g/mol. The SMILES string of the molecule is O=C1NCC(O)Oc2ccccc21. The fourth-order valence-electron chi connectivity index (χ4n) is 1.22. The molecule has 0 fully saturated rings. The van der Waals surface area contributed by atoms with E-state index in [4.69, 9.17) is 4.74 Å². The van der Waals surface area contributed by atoms with E-state index < -0.39 is 6.29 Å². The first kappa shape index (κ1) is 8.07. The molecule has 0 bridgehead atoms. The van der Waals surface area contributed by atoms with E-state index in [-0.39, 0.29) is 12.5 Å². The molecule has 0 saturated heterocycles. The lowest BCUT2D eigenvalue weighted by Gasteiger charge is -2.09. The van der Waals surface area contributed by atoms with E-state index in [9.17, 15) is 9.90 Å². The molecule has 1 amide bonds. The summed E-state index contributed by atoms with van der Waals surface area (Å²) in [5.74, 6) is 0.206. The molecule has 13 heavy (non-hydrogen) atoms. The summed E-state index contributed by atoms with van der Waals surface area (Å²) in [6.07, 6.45) is -0.965. The molecule has 0 aromatic heterocycles. The summed E-state index contributed by atoms with van der Waals surface area (Å²) in [5.41, 5.74) is 0.457. The Labute approximate surface area is 75.1 Å². The van der Waals surface area contributed by atoms with Crippen molar-refractivity contribution in [3.8, 4) is 5.75 Å². The maximum Gasteiger partial charge on any atom is 0.255 e. The smallest absolute Gasteiger partial charge is 0.255 e. The summed E-state index contributed by atoms with van der Waals surface area (Å²) in [4.78, 5) is 11.3. The first-order valence-electron chi connectivity index (χ1n) is 3.99. The Morgan fingerprint density at radius 3 is 3.08 bits per heavy atom. The zero-order valence-corrected chi connectivity index (χ0v) is 6.86. The molecule has 1 atom stereocenters. The van der Waals surface area contributed by atoms with Crippen LogP contribution in [0, 0.1) is 0 Å². The molecule has 1 unspecified atom stereocenters. The van der Waals surface area contributed by atoms with Gasteiger partial charge in [0.1, 0.15) is 5.75 Å². The fraction of sp³-hybridized carbons (Fsp3) is 0.222. The number of carbonyl (C=O) groups is 1. The van der Waals surface area contributed by atoms with Gasteiger partial charge in [-0.05, 0) is 12.1 Å². The Kier molecular flexibility index (Phi) is 1.90. The Morgan fingerprint density at radius 2 is 2.23 bits per heavy atom. The maximum absolute atomic E-state index is 11.3. The summed E-state index contributed by atoms with van der Waals surface area (Å²) in [7, 11) is 0. The monoisotopic (exact) mass is 179 g/mol. The summed E-state index contributed by atoms with van der Waals surface area (Å²) in [6, 6.07) is 6.82. The van der Waals surface area contributed by atoms with Crippen molar-refractivity contribution in [2.45, 2.75) is 6.29 Å². The van der Waals surface area contributed by atoms with Crippen LogP contribution in [-0.2, 0) is 0 Å². The lowest BCUT2D eigenvalue weighted by Crippen LogP contribution is -2.31. The van der Waals surface area contributed by atoms with E-state index in [0.717, 1.165) is 0 Å². The molecule has 68 valence electrons. The van der Waals surface area contributed by atoms with Crippen LogP contribution in [0.3, 0.4) is 0 Å². The number of carbonyl (C=O) groups excluding carboxylic acids is 1. The second kappa shape index (κ2) is 3.06. The van der Waals surface area contributed by atoms with Gasteiger partial charge in [-0.1, -0.05) is 12.1 Å². The molecule has 4 heteroatoms. The number of aliphatic hydroxyl groups excluding tert-OH is 1. The van der Waals surface area contributed by atoms with Crippen LogP contribution < -0.4 is 10.1 Å². The van der Waals surface area contributed by atoms with Crippen LogP contribution in [0.1, 0.15) is 10.4 Å². The third kappa shape index (κ3) is 1.48. The van der Waals surface area contributed by atoms with Crippen molar-refractivity contribution < 1.29 is 14.6 Å². The lowest BCUT2D eigenvalue weighted by atomic mass is 10.2. The van der Waals surface area contributed by atoms with Crippen molar-refractivity contribution in [1.29, 1.82) is 0 Å². The predicted octanol–water partition coefficient (Wildman–Crippen LogP) is 0.127. The molecule has 2 rings (SSSR count). The van der Waals surface area contributed by atoms with Gasteiger partial charge in [-0.25, -0.2) is 0 Å². The van der Waals surface area contributed by atoms with Crippen molar-refractivity contribution in [2.24, 2.45) is 0 Å². The molecule has 1 aliphatic heterocycles. The molecule has 0 aliphatic carbocycles. The number of aliphatic hydroxyl groups is 1. The van der Waals surface area contributed by atoms with Crippen molar-refractivity contribution in [3.63, 3.8) is 0 Å². The number of amides is 1. The van der Waals surface area contributed by atoms with E-state index in [2.05, 4.69) is 5.32 Å². The van der Waals surface area contributed by atoms with E-state index >= 15 is 0 Å². The third-order valence-corrected chi connectivity index (χ3v) is 1.83. The molecule has 1 aliphatic rings. The topological polar surface area (TPSA) is 58.6 Å². The summed E-state index contributed by atoms with van der Waals surface area (Å²) in [6.45, 7) is 0.119. The molecular formula is C9H9NO3. The van der Waals surface area contributed by atoms with Gasteiger partial charge < -0.3 is 15.2 Å². The highest BCUT2D eigenvalue weighted by Crippen LogP contribution is 2.20. The number of fused-ring (bicyclic) bond motifs is 1. The van der Waals surface area contributed by atoms with Gasteiger partial charge in [0, 0.05) is 0 Å². The zero-order chi connectivity index (χ0) is 9.26. The quantitative estimate of drug-likeness (QED) is 0.595. The van der Waals surface area contributed by atoms with Gasteiger partial charge in [0.05, 0.1) is 12.1 Å². The molecule has 0 saturated carbocycles. The molecule has 1 aromatic rings. The Hall–Kier alpha value is -1.55. The minimum absolute atomic E-state index is 0.119. The highest BCUT2D eigenvalue weighted by Gasteiger charge is 2.19. The van der Waals surface area contributed by atoms with E-state index in [1.54, 1.807) is 24.3 Å². The molecule has 1 aromatic carbocycles. The standard InChI is InChI=1S/C9H9NO3/c11-8-5-10-9(12)6-3-1-2-4-7(6)13-8/h1-4,8,11H,5H2,(H,10,12). The van der Waals surface area contributed by atoms with Crippen LogP contribution in [0.2, 0.25) is 0 Å². The van der Waals surface area contributed by atoms with Gasteiger partial charge in [0.25, 0.3) is 5.91 Å². The largest absolute Gasteiger partial charge is 0.462 e. The van der Waals surface area contributed by atoms with Crippen molar-refractivity contribution in [3.05, 3.63) is 29.8 Å². The minimum Gasteiger partial charge on any atom is -0.462 e. The minimum atomic E-state index is -0.965. The zero-order valence-electron chi connectivity index (χ0n) is 6.86. The number of benzene rings is 1. The number of β-amino-alcohol motifs (C(OH)–C–C–N with tert-alkyl or cyclic N) is 1. The predicted molar refractivity (Wildman–Crippen MR) is 45.4 cm³/mol. The first-order chi connectivity index (χ1) is 6.27. The second-order valence-corrected chi connectivity index (χ2v) is 2.78. The highest BCUT2D eigenvalue weighted by atomic mass is 16.6. The van der Waals surface area contributed by atoms with E-state index in [1.807, 2.05) is 0 Å². The number of rotatable bonds is 0. The third-order valence-electron chi connectivity index (χ3n) is 1.83. The molecule has 0 radical (unpaired) electrons. The van der Waals surface area contributed by atoms with Gasteiger partial charge in [-0.2, -0.15) is 0 Å². The Balaban J connectivity index is 2.43. The van der Waals surface area contributed by atoms with E-state index in [1.165, 1.54) is 0 Å². The van der Waals surface area contributed by atoms with Gasteiger partial charge in [0.15, 0.2) is 0 Å². The maximum atomic E-state index is 11.3. The first-order valence-corrected chi connectivity index (χ1v) is 3.99. The Bertz CT molecular complexity index is 337.